The fraction of sp³-hybridized carbons (Fsp3) is 0.0526. The third kappa shape index (κ3) is 3.17. The molecule has 26 heavy (non-hydrogen) atoms. The van der Waals surface area contributed by atoms with Crippen molar-refractivity contribution in [2.24, 2.45) is 0 Å². The molecule has 7 heteroatoms. The molecular weight excluding hydrogens is 347 g/mol. The summed E-state index contributed by atoms with van der Waals surface area (Å²) in [5.41, 5.74) is -0.682. The van der Waals surface area contributed by atoms with Gasteiger partial charge in [0.05, 0.1) is 17.2 Å². The molecule has 0 aromatic heterocycles. The summed E-state index contributed by atoms with van der Waals surface area (Å²) in [4.78, 5) is 12.1. The zero-order valence-electron chi connectivity index (χ0n) is 13.0. The molecule has 0 bridgehead atoms. The average Bonchev–Trinajstić information content (AvgIpc) is 2.88. The maximum absolute atomic E-state index is 13.1. The van der Waals surface area contributed by atoms with Gasteiger partial charge in [0.25, 0.3) is 0 Å². The molecule has 0 spiro atoms. The number of ether oxygens (including phenoxy) is 1. The third-order valence-electron chi connectivity index (χ3n) is 3.73. The van der Waals surface area contributed by atoms with Gasteiger partial charge in [0.1, 0.15) is 5.57 Å². The van der Waals surface area contributed by atoms with E-state index in [1.165, 1.54) is 42.5 Å². The smallest absolute Gasteiger partial charge is 0.416 e. The second-order valence-corrected chi connectivity index (χ2v) is 5.40. The standard InChI is InChI=1S/C19H10F3NO3/c20-19(21,22)14-4-2-1-3-13(14)9-15-17(24)16(18(25)26-15)12-7-5-11(10-23)6-8-12/h1-9,24H/b15-9-. The SMILES string of the molecule is N#Cc1ccc(C2=C(O)/C(=C/c3ccccc3C(F)(F)F)OC2=O)cc1. The lowest BCUT2D eigenvalue weighted by atomic mass is 10.0. The fourth-order valence-corrected chi connectivity index (χ4v) is 2.51. The summed E-state index contributed by atoms with van der Waals surface area (Å²) in [5, 5.41) is 19.1. The van der Waals surface area contributed by atoms with Crippen molar-refractivity contribution in [1.82, 2.24) is 0 Å². The molecular formula is C19H10F3NO3. The number of hydrogen-bond acceptors (Lipinski definition) is 4. The number of nitrogens with zero attached hydrogens (tertiary/aromatic N) is 1. The molecule has 4 nitrogen and oxygen atoms in total. The Labute approximate surface area is 146 Å². The highest BCUT2D eigenvalue weighted by molar-refractivity contribution is 6.20. The van der Waals surface area contributed by atoms with Crippen LogP contribution in [0.25, 0.3) is 11.6 Å². The first-order valence-corrected chi connectivity index (χ1v) is 7.35. The van der Waals surface area contributed by atoms with E-state index in [0.29, 0.717) is 11.1 Å². The molecule has 0 atom stereocenters. The van der Waals surface area contributed by atoms with E-state index in [-0.39, 0.29) is 16.9 Å². The van der Waals surface area contributed by atoms with Gasteiger partial charge in [-0.3, -0.25) is 0 Å². The molecule has 3 rings (SSSR count). The van der Waals surface area contributed by atoms with E-state index in [4.69, 9.17) is 10.00 Å². The van der Waals surface area contributed by atoms with Gasteiger partial charge in [0.2, 0.25) is 0 Å². The van der Waals surface area contributed by atoms with Gasteiger partial charge < -0.3 is 9.84 Å². The van der Waals surface area contributed by atoms with Gasteiger partial charge >= 0.3 is 12.1 Å². The Morgan fingerprint density at radius 2 is 1.73 bits per heavy atom. The summed E-state index contributed by atoms with van der Waals surface area (Å²) >= 11 is 0. The zero-order chi connectivity index (χ0) is 18.9. The minimum atomic E-state index is -4.59. The van der Waals surface area contributed by atoms with E-state index in [2.05, 4.69) is 0 Å². The summed E-state index contributed by atoms with van der Waals surface area (Å²) in [6.07, 6.45) is -3.63. The first-order chi connectivity index (χ1) is 12.3. The van der Waals surface area contributed by atoms with Crippen molar-refractivity contribution in [3.63, 3.8) is 0 Å². The number of benzene rings is 2. The summed E-state index contributed by atoms with van der Waals surface area (Å²) in [6, 6.07) is 12.4. The number of carbonyl (C=O) groups is 1. The number of halogens is 3. The lowest BCUT2D eigenvalue weighted by Gasteiger charge is -2.10. The number of nitriles is 1. The molecule has 1 aliphatic rings. The van der Waals surface area contributed by atoms with Gasteiger partial charge in [-0.25, -0.2) is 4.79 Å². The van der Waals surface area contributed by atoms with Crippen LogP contribution < -0.4 is 0 Å². The molecule has 1 heterocycles. The number of aliphatic hydroxyl groups is 1. The van der Waals surface area contributed by atoms with Crippen molar-refractivity contribution in [3.8, 4) is 6.07 Å². The second kappa shape index (κ2) is 6.41. The van der Waals surface area contributed by atoms with Crippen LogP contribution in [0.2, 0.25) is 0 Å². The zero-order valence-corrected chi connectivity index (χ0v) is 13.0. The lowest BCUT2D eigenvalue weighted by Crippen LogP contribution is -2.07. The molecule has 1 N–H and O–H groups in total. The minimum absolute atomic E-state index is 0.176. The van der Waals surface area contributed by atoms with Crippen molar-refractivity contribution < 1.29 is 27.8 Å². The highest BCUT2D eigenvalue weighted by Gasteiger charge is 2.35. The molecule has 0 radical (unpaired) electrons. The van der Waals surface area contributed by atoms with E-state index in [1.807, 2.05) is 6.07 Å². The Kier molecular flexibility index (Phi) is 4.26. The monoisotopic (exact) mass is 357 g/mol. The Hall–Kier alpha value is -3.53. The van der Waals surface area contributed by atoms with Crippen LogP contribution in [-0.4, -0.2) is 11.1 Å². The van der Waals surface area contributed by atoms with Crippen LogP contribution >= 0.6 is 0 Å². The fourth-order valence-electron chi connectivity index (χ4n) is 2.51. The van der Waals surface area contributed by atoms with Crippen molar-refractivity contribution in [2.75, 3.05) is 0 Å². The highest BCUT2D eigenvalue weighted by atomic mass is 19.4. The third-order valence-corrected chi connectivity index (χ3v) is 3.73. The van der Waals surface area contributed by atoms with E-state index < -0.39 is 23.5 Å². The summed E-state index contributed by atoms with van der Waals surface area (Å²) < 4.78 is 44.1. The van der Waals surface area contributed by atoms with Gasteiger partial charge in [-0.1, -0.05) is 30.3 Å². The molecule has 0 amide bonds. The van der Waals surface area contributed by atoms with Crippen LogP contribution in [0.4, 0.5) is 13.2 Å². The molecule has 130 valence electrons. The maximum atomic E-state index is 13.1. The summed E-state index contributed by atoms with van der Waals surface area (Å²) in [5.74, 6) is -1.81. The van der Waals surface area contributed by atoms with Gasteiger partial charge in [-0.2, -0.15) is 18.4 Å². The van der Waals surface area contributed by atoms with Crippen molar-refractivity contribution in [2.45, 2.75) is 6.18 Å². The van der Waals surface area contributed by atoms with Crippen LogP contribution in [0.5, 0.6) is 0 Å². The van der Waals surface area contributed by atoms with Crippen LogP contribution in [0, 0.1) is 11.3 Å². The first-order valence-electron chi connectivity index (χ1n) is 7.35. The van der Waals surface area contributed by atoms with Crippen LogP contribution in [0.3, 0.4) is 0 Å². The molecule has 2 aromatic rings. The first kappa shape index (κ1) is 17.3. The summed E-state index contributed by atoms with van der Waals surface area (Å²) in [7, 11) is 0. The van der Waals surface area contributed by atoms with Gasteiger partial charge in [0.15, 0.2) is 11.5 Å². The van der Waals surface area contributed by atoms with Gasteiger partial charge in [-0.15, -0.1) is 0 Å². The lowest BCUT2D eigenvalue weighted by molar-refractivity contribution is -0.137. The Balaban J connectivity index is 2.06. The Morgan fingerprint density at radius 1 is 1.08 bits per heavy atom. The minimum Gasteiger partial charge on any atom is -0.504 e. The predicted octanol–water partition coefficient (Wildman–Crippen LogP) is 4.44. The molecule has 0 unspecified atom stereocenters. The van der Waals surface area contributed by atoms with E-state index >= 15 is 0 Å². The molecule has 0 fully saturated rings. The molecule has 1 aliphatic heterocycles. The van der Waals surface area contributed by atoms with Gasteiger partial charge in [0, 0.05) is 0 Å². The second-order valence-electron chi connectivity index (χ2n) is 5.40. The largest absolute Gasteiger partial charge is 0.504 e. The Morgan fingerprint density at radius 3 is 2.35 bits per heavy atom. The van der Waals surface area contributed by atoms with Crippen LogP contribution in [-0.2, 0) is 15.7 Å². The number of carbonyl (C=O) groups excluding carboxylic acids is 1. The highest BCUT2D eigenvalue weighted by Crippen LogP contribution is 2.36. The number of esters is 1. The average molecular weight is 357 g/mol. The normalized spacial score (nSPS) is 15.9. The number of rotatable bonds is 2. The number of aliphatic hydroxyl groups excluding tert-OH is 1. The predicted molar refractivity (Wildman–Crippen MR) is 86.2 cm³/mol. The Bertz CT molecular complexity index is 980. The van der Waals surface area contributed by atoms with E-state index in [9.17, 15) is 23.1 Å². The van der Waals surface area contributed by atoms with E-state index in [1.54, 1.807) is 0 Å². The van der Waals surface area contributed by atoms with Crippen LogP contribution in [0.15, 0.2) is 60.0 Å². The number of alkyl halides is 3. The molecule has 0 saturated heterocycles. The van der Waals surface area contributed by atoms with Crippen molar-refractivity contribution in [3.05, 3.63) is 82.3 Å². The quantitative estimate of drug-likeness (QED) is 0.807. The molecule has 0 saturated carbocycles. The number of hydrogen-bond donors (Lipinski definition) is 1. The van der Waals surface area contributed by atoms with Crippen molar-refractivity contribution >= 4 is 17.6 Å². The van der Waals surface area contributed by atoms with Crippen molar-refractivity contribution in [1.29, 1.82) is 5.26 Å². The maximum Gasteiger partial charge on any atom is 0.416 e. The summed E-state index contributed by atoms with van der Waals surface area (Å²) in [6.45, 7) is 0. The van der Waals surface area contributed by atoms with E-state index in [0.717, 1.165) is 12.1 Å². The molecule has 2 aromatic carbocycles. The van der Waals surface area contributed by atoms with Gasteiger partial charge in [-0.05, 0) is 35.4 Å². The number of cyclic esters (lactones) is 1. The molecule has 0 aliphatic carbocycles. The van der Waals surface area contributed by atoms with Crippen LogP contribution in [0.1, 0.15) is 22.3 Å². The topological polar surface area (TPSA) is 70.3 Å².